The molecule has 4 aromatic rings. The molecule has 5 rings (SSSR count). The van der Waals surface area contributed by atoms with E-state index in [-0.39, 0.29) is 43.0 Å². The molecule has 12 heteroatoms. The van der Waals surface area contributed by atoms with Gasteiger partial charge in [-0.05, 0) is 37.1 Å². The maximum atomic E-state index is 14.0. The second kappa shape index (κ2) is 11.8. The van der Waals surface area contributed by atoms with Crippen LogP contribution in [0.4, 0.5) is 14.9 Å². The molecule has 2 N–H and O–H groups in total. The van der Waals surface area contributed by atoms with Gasteiger partial charge >= 0.3 is 11.7 Å². The van der Waals surface area contributed by atoms with E-state index in [1.807, 2.05) is 24.3 Å². The van der Waals surface area contributed by atoms with Crippen molar-refractivity contribution in [1.29, 1.82) is 0 Å². The number of thiazole rings is 1. The Balaban J connectivity index is 1.22. The van der Waals surface area contributed by atoms with Crippen LogP contribution in [0, 0.1) is 5.82 Å². The van der Waals surface area contributed by atoms with E-state index in [2.05, 4.69) is 15.3 Å². The molecule has 0 spiro atoms. The van der Waals surface area contributed by atoms with E-state index in [0.29, 0.717) is 36.6 Å². The number of imidazole rings is 1. The van der Waals surface area contributed by atoms with Gasteiger partial charge in [0.2, 0.25) is 0 Å². The number of halogens is 1. The average molecular weight is 553 g/mol. The van der Waals surface area contributed by atoms with E-state index in [1.165, 1.54) is 35.5 Å². The highest BCUT2D eigenvalue weighted by molar-refractivity contribution is 7.09. The van der Waals surface area contributed by atoms with Crippen molar-refractivity contribution in [3.8, 4) is 0 Å². The fourth-order valence-electron chi connectivity index (χ4n) is 4.78. The highest BCUT2D eigenvalue weighted by atomic mass is 32.1. The number of anilines is 1. The van der Waals surface area contributed by atoms with Gasteiger partial charge in [0, 0.05) is 38.2 Å². The summed E-state index contributed by atoms with van der Waals surface area (Å²) >= 11 is 1.29. The molecule has 3 heterocycles. The number of hydrogen-bond donors (Lipinski definition) is 2. The summed E-state index contributed by atoms with van der Waals surface area (Å²) in [5.41, 5.74) is 1.94. The Hall–Kier alpha value is -4.03. The highest BCUT2D eigenvalue weighted by Crippen LogP contribution is 2.26. The lowest BCUT2D eigenvalue weighted by atomic mass is 10.0. The summed E-state index contributed by atoms with van der Waals surface area (Å²) in [7, 11) is 1.53. The van der Waals surface area contributed by atoms with Crippen LogP contribution in [0.1, 0.15) is 34.4 Å². The highest BCUT2D eigenvalue weighted by Gasteiger charge is 2.28. The number of methoxy groups -OCH3 is 1. The first-order chi connectivity index (χ1) is 18.9. The SMILES string of the molecule is COCCN(Cc1nc(C(=O)N2CCC(n3c(=O)[nH]c4ccccc43)CC2)cs1)C(=O)Nc1ccccc1F. The van der Waals surface area contributed by atoms with Crippen molar-refractivity contribution in [3.05, 3.63) is 80.9 Å². The van der Waals surface area contributed by atoms with Crippen LogP contribution >= 0.6 is 11.3 Å². The zero-order valence-electron chi connectivity index (χ0n) is 21.4. The Morgan fingerprint density at radius 3 is 2.69 bits per heavy atom. The fourth-order valence-corrected chi connectivity index (χ4v) is 5.56. The molecule has 0 atom stereocenters. The Labute approximate surface area is 228 Å². The number of nitrogens with one attached hydrogen (secondary N) is 2. The number of para-hydroxylation sites is 3. The summed E-state index contributed by atoms with van der Waals surface area (Å²) in [4.78, 5) is 49.2. The number of rotatable bonds is 8. The van der Waals surface area contributed by atoms with Gasteiger partial charge in [-0.25, -0.2) is 19.0 Å². The van der Waals surface area contributed by atoms with Crippen LogP contribution in [0.5, 0.6) is 0 Å². The number of benzene rings is 2. The van der Waals surface area contributed by atoms with Crippen molar-refractivity contribution in [2.45, 2.75) is 25.4 Å². The average Bonchev–Trinajstić information content (AvgIpc) is 3.55. The first-order valence-electron chi connectivity index (χ1n) is 12.7. The molecule has 39 heavy (non-hydrogen) atoms. The summed E-state index contributed by atoms with van der Waals surface area (Å²) in [6, 6.07) is 13.1. The summed E-state index contributed by atoms with van der Waals surface area (Å²) in [5, 5.41) is 4.86. The molecule has 0 bridgehead atoms. The number of amides is 3. The molecule has 204 valence electrons. The number of ether oxygens (including phenoxy) is 1. The Morgan fingerprint density at radius 2 is 1.92 bits per heavy atom. The lowest BCUT2D eigenvalue weighted by Gasteiger charge is -2.32. The number of nitrogens with zero attached hydrogens (tertiary/aromatic N) is 4. The van der Waals surface area contributed by atoms with Crippen molar-refractivity contribution in [3.63, 3.8) is 0 Å². The smallest absolute Gasteiger partial charge is 0.326 e. The number of H-pyrrole nitrogens is 1. The van der Waals surface area contributed by atoms with Crippen LogP contribution in [-0.2, 0) is 11.3 Å². The number of aromatic nitrogens is 3. The van der Waals surface area contributed by atoms with E-state index in [0.717, 1.165) is 11.0 Å². The number of fused-ring (bicyclic) bond motifs is 1. The molecular formula is C27H29FN6O4S. The van der Waals surface area contributed by atoms with Gasteiger partial charge in [0.05, 0.1) is 29.9 Å². The number of aromatic amines is 1. The number of hydrogen-bond acceptors (Lipinski definition) is 6. The maximum absolute atomic E-state index is 14.0. The van der Waals surface area contributed by atoms with Crippen LogP contribution in [0.2, 0.25) is 0 Å². The number of likely N-dealkylation sites (tertiary alicyclic amines) is 1. The molecule has 0 radical (unpaired) electrons. The van der Waals surface area contributed by atoms with Crippen molar-refractivity contribution in [2.24, 2.45) is 0 Å². The molecular weight excluding hydrogens is 523 g/mol. The monoisotopic (exact) mass is 552 g/mol. The minimum Gasteiger partial charge on any atom is -0.383 e. The van der Waals surface area contributed by atoms with Gasteiger partial charge in [-0.3, -0.25) is 9.36 Å². The van der Waals surface area contributed by atoms with Crippen molar-refractivity contribution in [1.82, 2.24) is 24.3 Å². The summed E-state index contributed by atoms with van der Waals surface area (Å²) in [6.07, 6.45) is 1.32. The van der Waals surface area contributed by atoms with E-state index in [9.17, 15) is 18.8 Å². The first kappa shape index (κ1) is 26.6. The first-order valence-corrected chi connectivity index (χ1v) is 13.5. The van der Waals surface area contributed by atoms with Gasteiger partial charge in [0.25, 0.3) is 5.91 Å². The molecule has 3 amide bonds. The normalized spacial score (nSPS) is 14.1. The predicted octanol–water partition coefficient (Wildman–Crippen LogP) is 4.08. The van der Waals surface area contributed by atoms with Crippen molar-refractivity contribution in [2.75, 3.05) is 38.7 Å². The molecule has 0 saturated carbocycles. The standard InChI is InChI=1S/C27H29FN6O4S/c1-38-15-14-33(26(36)30-20-7-3-2-6-19(20)28)16-24-29-22(17-39-24)25(35)32-12-10-18(11-13-32)34-23-9-5-4-8-21(23)31-27(34)37/h2-9,17-18H,10-16H2,1H3,(H,30,36)(H,31,37). The van der Waals surface area contributed by atoms with Gasteiger partial charge < -0.3 is 24.8 Å². The van der Waals surface area contributed by atoms with E-state index in [1.54, 1.807) is 27.0 Å². The Bertz CT molecular complexity index is 1520. The summed E-state index contributed by atoms with van der Waals surface area (Å²) in [5.74, 6) is -0.709. The Kier molecular flexibility index (Phi) is 8.03. The second-order valence-corrected chi connectivity index (χ2v) is 10.2. The van der Waals surface area contributed by atoms with Gasteiger partial charge in [-0.2, -0.15) is 0 Å². The molecule has 2 aromatic carbocycles. The minimum absolute atomic E-state index is 0.00556. The van der Waals surface area contributed by atoms with Crippen LogP contribution in [0.25, 0.3) is 11.0 Å². The molecule has 0 unspecified atom stereocenters. The second-order valence-electron chi connectivity index (χ2n) is 9.29. The molecule has 1 aliphatic rings. The van der Waals surface area contributed by atoms with Crippen LogP contribution in [-0.4, -0.2) is 69.6 Å². The summed E-state index contributed by atoms with van der Waals surface area (Å²) in [6.45, 7) is 1.71. The van der Waals surface area contributed by atoms with E-state index >= 15 is 0 Å². The lowest BCUT2D eigenvalue weighted by molar-refractivity contribution is 0.0689. The minimum atomic E-state index is -0.530. The zero-order valence-corrected chi connectivity index (χ0v) is 22.2. The number of carbonyl (C=O) groups excluding carboxylic acids is 2. The molecule has 1 saturated heterocycles. The third-order valence-electron chi connectivity index (χ3n) is 6.81. The van der Waals surface area contributed by atoms with E-state index < -0.39 is 11.8 Å². The largest absolute Gasteiger partial charge is 0.383 e. The Morgan fingerprint density at radius 1 is 1.18 bits per heavy atom. The zero-order chi connectivity index (χ0) is 27.4. The third-order valence-corrected chi connectivity index (χ3v) is 7.64. The van der Waals surface area contributed by atoms with E-state index in [4.69, 9.17) is 4.74 Å². The molecule has 0 aliphatic carbocycles. The fraction of sp³-hybridized carbons (Fsp3) is 0.333. The van der Waals surface area contributed by atoms with Gasteiger partial charge in [-0.15, -0.1) is 11.3 Å². The molecule has 1 fully saturated rings. The van der Waals surface area contributed by atoms with Crippen LogP contribution in [0.15, 0.2) is 58.7 Å². The number of urea groups is 1. The van der Waals surface area contributed by atoms with Crippen molar-refractivity contribution < 1.29 is 18.7 Å². The van der Waals surface area contributed by atoms with Gasteiger partial charge in [0.1, 0.15) is 16.5 Å². The topological polar surface area (TPSA) is 113 Å². The lowest BCUT2D eigenvalue weighted by Crippen LogP contribution is -2.40. The van der Waals surface area contributed by atoms with Crippen LogP contribution in [0.3, 0.4) is 0 Å². The number of carbonyl (C=O) groups is 2. The molecule has 1 aliphatic heterocycles. The van der Waals surface area contributed by atoms with Crippen molar-refractivity contribution >= 4 is 40.0 Å². The van der Waals surface area contributed by atoms with Crippen LogP contribution < -0.4 is 11.0 Å². The van der Waals surface area contributed by atoms with Gasteiger partial charge in [-0.1, -0.05) is 24.3 Å². The number of piperidine rings is 1. The molecule has 2 aromatic heterocycles. The predicted molar refractivity (Wildman–Crippen MR) is 147 cm³/mol. The van der Waals surface area contributed by atoms with Gasteiger partial charge in [0.15, 0.2) is 0 Å². The quantitative estimate of drug-likeness (QED) is 0.342. The molecule has 10 nitrogen and oxygen atoms in total. The summed E-state index contributed by atoms with van der Waals surface area (Å²) < 4.78 is 20.9. The maximum Gasteiger partial charge on any atom is 0.326 e. The third kappa shape index (κ3) is 5.86.